The van der Waals surface area contributed by atoms with Gasteiger partial charge in [0.15, 0.2) is 0 Å². The van der Waals surface area contributed by atoms with Crippen LogP contribution in [0.25, 0.3) is 0 Å². The van der Waals surface area contributed by atoms with Crippen LogP contribution >= 0.6 is 0 Å². The van der Waals surface area contributed by atoms with Crippen LogP contribution in [-0.2, 0) is 9.63 Å². The summed E-state index contributed by atoms with van der Waals surface area (Å²) in [7, 11) is 0. The first kappa shape index (κ1) is 13.9. The summed E-state index contributed by atoms with van der Waals surface area (Å²) in [6, 6.07) is 7.77. The standard InChI is InChI=1S/C15H21NO3/c1-12-6-2-5-9-14(12)18-11-10-15(17)16-19-13-7-3-4-8-13/h2,5-6,9,13H,3-4,7-8,10-11H2,1H3,(H,16,17). The lowest BCUT2D eigenvalue weighted by atomic mass is 10.2. The quantitative estimate of drug-likeness (QED) is 0.803. The van der Waals surface area contributed by atoms with Crippen molar-refractivity contribution < 1.29 is 14.4 Å². The fourth-order valence-electron chi connectivity index (χ4n) is 2.18. The van der Waals surface area contributed by atoms with Crippen molar-refractivity contribution in [1.82, 2.24) is 5.48 Å². The van der Waals surface area contributed by atoms with E-state index >= 15 is 0 Å². The number of benzene rings is 1. The Morgan fingerprint density at radius 2 is 2.05 bits per heavy atom. The third-order valence-electron chi connectivity index (χ3n) is 3.32. The maximum absolute atomic E-state index is 11.6. The molecular formula is C15H21NO3. The van der Waals surface area contributed by atoms with Gasteiger partial charge in [-0.2, -0.15) is 0 Å². The zero-order valence-corrected chi connectivity index (χ0v) is 11.4. The second-order valence-electron chi connectivity index (χ2n) is 4.91. The van der Waals surface area contributed by atoms with Gasteiger partial charge in [0.25, 0.3) is 0 Å². The van der Waals surface area contributed by atoms with Crippen LogP contribution in [0.3, 0.4) is 0 Å². The molecule has 0 bridgehead atoms. The lowest BCUT2D eigenvalue weighted by molar-refractivity contribution is -0.138. The monoisotopic (exact) mass is 263 g/mol. The Hall–Kier alpha value is -1.55. The van der Waals surface area contributed by atoms with Gasteiger partial charge < -0.3 is 4.74 Å². The maximum atomic E-state index is 11.6. The highest BCUT2D eigenvalue weighted by Gasteiger charge is 2.16. The molecule has 4 heteroatoms. The second-order valence-corrected chi connectivity index (χ2v) is 4.91. The number of nitrogens with one attached hydrogen (secondary N) is 1. The topological polar surface area (TPSA) is 47.6 Å². The molecule has 1 aliphatic rings. The summed E-state index contributed by atoms with van der Waals surface area (Å²) in [6.07, 6.45) is 4.97. The van der Waals surface area contributed by atoms with Crippen LogP contribution in [0, 0.1) is 6.92 Å². The third-order valence-corrected chi connectivity index (χ3v) is 3.32. The third kappa shape index (κ3) is 4.56. The second kappa shape index (κ2) is 7.14. The summed E-state index contributed by atoms with van der Waals surface area (Å²) in [5.74, 6) is 0.701. The van der Waals surface area contributed by atoms with Gasteiger partial charge in [-0.25, -0.2) is 5.48 Å². The first-order valence-electron chi connectivity index (χ1n) is 6.88. The number of amides is 1. The van der Waals surface area contributed by atoms with Gasteiger partial charge in [0, 0.05) is 0 Å². The van der Waals surface area contributed by atoms with E-state index in [0.717, 1.165) is 24.2 Å². The van der Waals surface area contributed by atoms with Gasteiger partial charge in [0.05, 0.1) is 19.1 Å². The molecule has 0 heterocycles. The Kier molecular flexibility index (Phi) is 5.21. The average Bonchev–Trinajstić information content (AvgIpc) is 2.92. The highest BCUT2D eigenvalue weighted by molar-refractivity contribution is 5.74. The van der Waals surface area contributed by atoms with Gasteiger partial charge in [-0.1, -0.05) is 31.0 Å². The number of hydroxylamine groups is 1. The van der Waals surface area contributed by atoms with Crippen LogP contribution in [0.15, 0.2) is 24.3 Å². The minimum absolute atomic E-state index is 0.125. The van der Waals surface area contributed by atoms with Gasteiger partial charge in [-0.15, -0.1) is 0 Å². The van der Waals surface area contributed by atoms with Crippen molar-refractivity contribution in [2.45, 2.75) is 45.1 Å². The lowest BCUT2D eigenvalue weighted by Gasteiger charge is -2.12. The molecule has 4 nitrogen and oxygen atoms in total. The van der Waals surface area contributed by atoms with Crippen LogP contribution in [0.5, 0.6) is 5.75 Å². The molecular weight excluding hydrogens is 242 g/mol. The number of hydrogen-bond donors (Lipinski definition) is 1. The van der Waals surface area contributed by atoms with Crippen LogP contribution in [-0.4, -0.2) is 18.6 Å². The van der Waals surface area contributed by atoms with Crippen LogP contribution in [0.4, 0.5) is 0 Å². The predicted molar refractivity (Wildman–Crippen MR) is 72.8 cm³/mol. The van der Waals surface area contributed by atoms with E-state index in [1.54, 1.807) is 0 Å². The summed E-state index contributed by atoms with van der Waals surface area (Å²) in [5, 5.41) is 0. The molecule has 0 aliphatic heterocycles. The zero-order chi connectivity index (χ0) is 13.5. The Morgan fingerprint density at radius 3 is 2.79 bits per heavy atom. The van der Waals surface area contributed by atoms with Crippen molar-refractivity contribution in [2.24, 2.45) is 0 Å². The molecule has 0 atom stereocenters. The Morgan fingerprint density at radius 1 is 1.32 bits per heavy atom. The first-order chi connectivity index (χ1) is 9.25. The van der Waals surface area contributed by atoms with Gasteiger partial charge in [-0.05, 0) is 31.4 Å². The Balaban J connectivity index is 1.62. The Labute approximate surface area is 114 Å². The molecule has 1 aromatic carbocycles. The molecule has 1 aliphatic carbocycles. The Bertz CT molecular complexity index is 414. The van der Waals surface area contributed by atoms with Crippen molar-refractivity contribution >= 4 is 5.91 Å². The first-order valence-corrected chi connectivity index (χ1v) is 6.88. The molecule has 0 saturated heterocycles. The van der Waals surface area contributed by atoms with Gasteiger partial charge in [-0.3, -0.25) is 9.63 Å². The number of para-hydroxylation sites is 1. The largest absolute Gasteiger partial charge is 0.493 e. The molecule has 0 spiro atoms. The van der Waals surface area contributed by atoms with Crippen LogP contribution in [0.2, 0.25) is 0 Å². The minimum atomic E-state index is -0.125. The molecule has 2 rings (SSSR count). The van der Waals surface area contributed by atoms with Gasteiger partial charge >= 0.3 is 0 Å². The van der Waals surface area contributed by atoms with E-state index < -0.39 is 0 Å². The van der Waals surface area contributed by atoms with E-state index in [-0.39, 0.29) is 12.0 Å². The fourth-order valence-corrected chi connectivity index (χ4v) is 2.18. The molecule has 19 heavy (non-hydrogen) atoms. The predicted octanol–water partition coefficient (Wildman–Crippen LogP) is 2.75. The van der Waals surface area contributed by atoms with Crippen LogP contribution in [0.1, 0.15) is 37.7 Å². The van der Waals surface area contributed by atoms with Crippen molar-refractivity contribution in [1.29, 1.82) is 0 Å². The summed E-state index contributed by atoms with van der Waals surface area (Å²) in [6.45, 7) is 2.35. The number of hydrogen-bond acceptors (Lipinski definition) is 3. The average molecular weight is 263 g/mol. The number of rotatable bonds is 6. The van der Waals surface area contributed by atoms with Crippen molar-refractivity contribution in [3.05, 3.63) is 29.8 Å². The van der Waals surface area contributed by atoms with E-state index in [4.69, 9.17) is 9.57 Å². The summed E-state index contributed by atoms with van der Waals surface area (Å²) in [5.41, 5.74) is 3.58. The van der Waals surface area contributed by atoms with Crippen LogP contribution < -0.4 is 10.2 Å². The molecule has 1 aromatic rings. The zero-order valence-electron chi connectivity index (χ0n) is 11.4. The maximum Gasteiger partial charge on any atom is 0.246 e. The van der Waals surface area contributed by atoms with E-state index in [1.165, 1.54) is 12.8 Å². The SMILES string of the molecule is Cc1ccccc1OCCC(=O)NOC1CCCC1. The fraction of sp³-hybridized carbons (Fsp3) is 0.533. The van der Waals surface area contributed by atoms with E-state index in [0.29, 0.717) is 13.0 Å². The van der Waals surface area contributed by atoms with Crippen molar-refractivity contribution in [3.8, 4) is 5.75 Å². The van der Waals surface area contributed by atoms with Crippen molar-refractivity contribution in [3.63, 3.8) is 0 Å². The molecule has 1 fully saturated rings. The molecule has 1 N–H and O–H groups in total. The summed E-state index contributed by atoms with van der Waals surface area (Å²) < 4.78 is 5.56. The van der Waals surface area contributed by atoms with E-state index in [1.807, 2.05) is 31.2 Å². The highest BCUT2D eigenvalue weighted by atomic mass is 16.7. The van der Waals surface area contributed by atoms with E-state index in [2.05, 4.69) is 5.48 Å². The normalized spacial score (nSPS) is 15.4. The highest BCUT2D eigenvalue weighted by Crippen LogP contribution is 2.20. The number of ether oxygens (including phenoxy) is 1. The van der Waals surface area contributed by atoms with Crippen molar-refractivity contribution in [2.75, 3.05) is 6.61 Å². The van der Waals surface area contributed by atoms with Gasteiger partial charge in [0.1, 0.15) is 5.75 Å². The number of carbonyl (C=O) groups is 1. The molecule has 0 aromatic heterocycles. The minimum Gasteiger partial charge on any atom is -0.493 e. The summed E-state index contributed by atoms with van der Waals surface area (Å²) in [4.78, 5) is 16.9. The molecule has 104 valence electrons. The molecule has 1 saturated carbocycles. The van der Waals surface area contributed by atoms with Gasteiger partial charge in [0.2, 0.25) is 5.91 Å². The number of carbonyl (C=O) groups excluding carboxylic acids is 1. The lowest BCUT2D eigenvalue weighted by Crippen LogP contribution is -2.29. The molecule has 0 radical (unpaired) electrons. The number of aryl methyl sites for hydroxylation is 1. The smallest absolute Gasteiger partial charge is 0.246 e. The van der Waals surface area contributed by atoms with E-state index in [9.17, 15) is 4.79 Å². The molecule has 0 unspecified atom stereocenters. The summed E-state index contributed by atoms with van der Waals surface area (Å²) >= 11 is 0. The molecule has 1 amide bonds.